The minimum absolute atomic E-state index is 0.428. The van der Waals surface area contributed by atoms with Gasteiger partial charge in [0.15, 0.2) is 0 Å². The molecular weight excluding hydrogens is 128 g/mol. The van der Waals surface area contributed by atoms with Gasteiger partial charge in [-0.3, -0.25) is 0 Å². The summed E-state index contributed by atoms with van der Waals surface area (Å²) < 4.78 is 4.89. The van der Waals surface area contributed by atoms with Crippen molar-refractivity contribution in [2.75, 3.05) is 26.8 Å². The van der Waals surface area contributed by atoms with Crippen molar-refractivity contribution in [1.29, 1.82) is 0 Å². The third-order valence-electron chi connectivity index (χ3n) is 1.37. The summed E-state index contributed by atoms with van der Waals surface area (Å²) in [7, 11) is 1.71. The van der Waals surface area contributed by atoms with E-state index in [0.717, 1.165) is 19.6 Å². The van der Waals surface area contributed by atoms with Crippen molar-refractivity contribution < 1.29 is 4.74 Å². The van der Waals surface area contributed by atoms with E-state index in [1.807, 2.05) is 0 Å². The van der Waals surface area contributed by atoms with E-state index in [-0.39, 0.29) is 0 Å². The van der Waals surface area contributed by atoms with E-state index in [1.54, 1.807) is 7.11 Å². The lowest BCUT2D eigenvalue weighted by atomic mass is 10.3. The van der Waals surface area contributed by atoms with Crippen LogP contribution in [-0.2, 0) is 4.74 Å². The highest BCUT2D eigenvalue weighted by atomic mass is 16.5. The zero-order valence-electron chi connectivity index (χ0n) is 6.89. The molecule has 0 rings (SSSR count). The second-order valence-electron chi connectivity index (χ2n) is 2.44. The molecule has 0 aromatic rings. The SMILES string of the molecule is COCCCN[C@@H](C)CN. The molecule has 0 spiro atoms. The van der Waals surface area contributed by atoms with Crippen molar-refractivity contribution >= 4 is 0 Å². The molecule has 3 N–H and O–H groups in total. The van der Waals surface area contributed by atoms with Gasteiger partial charge in [0, 0.05) is 26.3 Å². The Hall–Kier alpha value is -0.120. The Balaban J connectivity index is 2.89. The first-order valence-electron chi connectivity index (χ1n) is 3.73. The first-order valence-corrected chi connectivity index (χ1v) is 3.73. The zero-order chi connectivity index (χ0) is 7.82. The van der Waals surface area contributed by atoms with Gasteiger partial charge in [0.1, 0.15) is 0 Å². The summed E-state index contributed by atoms with van der Waals surface area (Å²) in [5.74, 6) is 0. The molecule has 1 atom stereocenters. The molecule has 3 nitrogen and oxygen atoms in total. The van der Waals surface area contributed by atoms with Crippen LogP contribution in [0.15, 0.2) is 0 Å². The van der Waals surface area contributed by atoms with Crippen molar-refractivity contribution in [3.05, 3.63) is 0 Å². The molecule has 0 amide bonds. The largest absolute Gasteiger partial charge is 0.385 e. The molecule has 62 valence electrons. The Morgan fingerprint density at radius 3 is 2.80 bits per heavy atom. The Labute approximate surface area is 62.9 Å². The van der Waals surface area contributed by atoms with Crippen molar-refractivity contribution in [2.45, 2.75) is 19.4 Å². The number of nitrogens with one attached hydrogen (secondary N) is 1. The van der Waals surface area contributed by atoms with Gasteiger partial charge in [-0.25, -0.2) is 0 Å². The van der Waals surface area contributed by atoms with Crippen molar-refractivity contribution in [3.63, 3.8) is 0 Å². The fourth-order valence-electron chi connectivity index (χ4n) is 0.648. The third kappa shape index (κ3) is 6.01. The molecule has 0 aliphatic rings. The monoisotopic (exact) mass is 146 g/mol. The fraction of sp³-hybridized carbons (Fsp3) is 1.00. The standard InChI is InChI=1S/C7H18N2O/c1-7(6-8)9-4-3-5-10-2/h7,9H,3-6,8H2,1-2H3/t7-/m0/s1. The predicted octanol–water partition coefficient (Wildman–Crippen LogP) is -0.0403. The van der Waals surface area contributed by atoms with E-state index in [0.29, 0.717) is 12.6 Å². The summed E-state index contributed by atoms with van der Waals surface area (Å²) in [5.41, 5.74) is 5.39. The molecular formula is C7H18N2O. The lowest BCUT2D eigenvalue weighted by Crippen LogP contribution is -2.34. The van der Waals surface area contributed by atoms with E-state index in [1.165, 1.54) is 0 Å². The highest BCUT2D eigenvalue weighted by Crippen LogP contribution is 1.80. The molecule has 0 fully saturated rings. The second-order valence-corrected chi connectivity index (χ2v) is 2.44. The fourth-order valence-corrected chi connectivity index (χ4v) is 0.648. The summed E-state index contributed by atoms with van der Waals surface area (Å²) in [6.45, 7) is 4.59. The van der Waals surface area contributed by atoms with Gasteiger partial charge in [-0.05, 0) is 19.9 Å². The average Bonchev–Trinajstić information content (AvgIpc) is 1.98. The van der Waals surface area contributed by atoms with Crippen LogP contribution in [0, 0.1) is 0 Å². The van der Waals surface area contributed by atoms with Crippen molar-refractivity contribution in [2.24, 2.45) is 5.73 Å². The van der Waals surface area contributed by atoms with E-state index in [4.69, 9.17) is 10.5 Å². The van der Waals surface area contributed by atoms with Gasteiger partial charge >= 0.3 is 0 Å². The lowest BCUT2D eigenvalue weighted by molar-refractivity contribution is 0.193. The molecule has 0 aliphatic carbocycles. The quantitative estimate of drug-likeness (QED) is 0.517. The predicted molar refractivity (Wildman–Crippen MR) is 43.0 cm³/mol. The number of ether oxygens (including phenoxy) is 1. The van der Waals surface area contributed by atoms with Crippen LogP contribution in [-0.4, -0.2) is 32.8 Å². The van der Waals surface area contributed by atoms with Gasteiger partial charge in [-0.2, -0.15) is 0 Å². The average molecular weight is 146 g/mol. The number of nitrogens with two attached hydrogens (primary N) is 1. The van der Waals surface area contributed by atoms with Crippen LogP contribution < -0.4 is 11.1 Å². The summed E-state index contributed by atoms with van der Waals surface area (Å²) in [6, 6.07) is 0.428. The summed E-state index contributed by atoms with van der Waals surface area (Å²) in [5, 5.41) is 3.26. The smallest absolute Gasteiger partial charge is 0.0474 e. The third-order valence-corrected chi connectivity index (χ3v) is 1.37. The Morgan fingerprint density at radius 1 is 1.60 bits per heavy atom. The first-order chi connectivity index (χ1) is 4.81. The lowest BCUT2D eigenvalue weighted by Gasteiger charge is -2.09. The second kappa shape index (κ2) is 6.99. The van der Waals surface area contributed by atoms with Crippen LogP contribution in [0.2, 0.25) is 0 Å². The van der Waals surface area contributed by atoms with Gasteiger partial charge in [-0.1, -0.05) is 0 Å². The molecule has 0 aliphatic heterocycles. The van der Waals surface area contributed by atoms with Crippen LogP contribution in [0.4, 0.5) is 0 Å². The van der Waals surface area contributed by atoms with E-state index in [2.05, 4.69) is 12.2 Å². The number of rotatable bonds is 6. The maximum Gasteiger partial charge on any atom is 0.0474 e. The van der Waals surface area contributed by atoms with Gasteiger partial charge in [-0.15, -0.1) is 0 Å². The summed E-state index contributed by atoms with van der Waals surface area (Å²) in [6.07, 6.45) is 1.06. The van der Waals surface area contributed by atoms with Gasteiger partial charge in [0.2, 0.25) is 0 Å². The Kier molecular flexibility index (Phi) is 6.91. The Morgan fingerprint density at radius 2 is 2.30 bits per heavy atom. The van der Waals surface area contributed by atoms with E-state index in [9.17, 15) is 0 Å². The van der Waals surface area contributed by atoms with Crippen molar-refractivity contribution in [1.82, 2.24) is 5.32 Å². The van der Waals surface area contributed by atoms with Crippen molar-refractivity contribution in [3.8, 4) is 0 Å². The van der Waals surface area contributed by atoms with E-state index >= 15 is 0 Å². The number of hydrogen-bond donors (Lipinski definition) is 2. The molecule has 0 heterocycles. The minimum atomic E-state index is 0.428. The molecule has 10 heavy (non-hydrogen) atoms. The van der Waals surface area contributed by atoms with Crippen LogP contribution in [0.3, 0.4) is 0 Å². The zero-order valence-corrected chi connectivity index (χ0v) is 6.89. The number of methoxy groups -OCH3 is 1. The normalized spacial score (nSPS) is 13.5. The van der Waals surface area contributed by atoms with Crippen LogP contribution in [0.25, 0.3) is 0 Å². The van der Waals surface area contributed by atoms with Gasteiger partial charge < -0.3 is 15.8 Å². The molecule has 0 radical (unpaired) electrons. The minimum Gasteiger partial charge on any atom is -0.385 e. The highest BCUT2D eigenvalue weighted by Gasteiger charge is 1.94. The highest BCUT2D eigenvalue weighted by molar-refractivity contribution is 4.59. The first kappa shape index (κ1) is 9.88. The van der Waals surface area contributed by atoms with Crippen LogP contribution >= 0.6 is 0 Å². The van der Waals surface area contributed by atoms with E-state index < -0.39 is 0 Å². The molecule has 0 saturated carbocycles. The molecule has 0 saturated heterocycles. The molecule has 3 heteroatoms. The van der Waals surface area contributed by atoms with Crippen LogP contribution in [0.5, 0.6) is 0 Å². The molecule has 0 unspecified atom stereocenters. The summed E-state index contributed by atoms with van der Waals surface area (Å²) in [4.78, 5) is 0. The summed E-state index contributed by atoms with van der Waals surface area (Å²) >= 11 is 0. The molecule has 0 aromatic carbocycles. The Bertz CT molecular complexity index is 68.6. The molecule has 0 aromatic heterocycles. The topological polar surface area (TPSA) is 47.3 Å². The van der Waals surface area contributed by atoms with Crippen LogP contribution in [0.1, 0.15) is 13.3 Å². The van der Waals surface area contributed by atoms with Gasteiger partial charge in [0.05, 0.1) is 0 Å². The maximum atomic E-state index is 5.39. The number of hydrogen-bond acceptors (Lipinski definition) is 3. The van der Waals surface area contributed by atoms with Gasteiger partial charge in [0.25, 0.3) is 0 Å². The maximum absolute atomic E-state index is 5.39. The molecule has 0 bridgehead atoms.